The van der Waals surface area contributed by atoms with Gasteiger partial charge < -0.3 is 24.5 Å². The number of ether oxygens (including phenoxy) is 1. The van der Waals surface area contributed by atoms with E-state index >= 15 is 0 Å². The summed E-state index contributed by atoms with van der Waals surface area (Å²) in [6.45, 7) is 5.70. The summed E-state index contributed by atoms with van der Waals surface area (Å²) >= 11 is 0. The molecule has 10 nitrogen and oxygen atoms in total. The lowest BCUT2D eigenvalue weighted by Crippen LogP contribution is -2.44. The third-order valence-electron chi connectivity index (χ3n) is 7.77. The number of oxazole rings is 1. The molecular formula is C35H34N4O6. The van der Waals surface area contributed by atoms with Crippen molar-refractivity contribution in [2.24, 2.45) is 0 Å². The zero-order valence-corrected chi connectivity index (χ0v) is 25.3. The van der Waals surface area contributed by atoms with Gasteiger partial charge in [-0.05, 0) is 81.1 Å². The van der Waals surface area contributed by atoms with E-state index in [0.717, 1.165) is 17.5 Å². The van der Waals surface area contributed by atoms with Gasteiger partial charge in [-0.3, -0.25) is 14.6 Å². The van der Waals surface area contributed by atoms with Crippen LogP contribution in [0, 0.1) is 0 Å². The Morgan fingerprint density at radius 3 is 2.62 bits per heavy atom. The normalized spacial score (nSPS) is 15.7. The van der Waals surface area contributed by atoms with E-state index in [9.17, 15) is 19.5 Å². The number of benzene rings is 3. The number of para-hydroxylation sites is 2. The SMILES string of the molecule is CC(C)(C)OC(=O)c1cccc(-c2ccc3c(C(=O)NCC(=O)N4CCC[C@H]4C(O)c4nc5ccccc5o4)ccnc3c2)c1. The Labute approximate surface area is 260 Å². The highest BCUT2D eigenvalue weighted by atomic mass is 16.6. The number of pyridine rings is 1. The molecule has 230 valence electrons. The molecule has 0 radical (unpaired) electrons. The molecule has 2 atom stereocenters. The second-order valence-electron chi connectivity index (χ2n) is 12.1. The monoisotopic (exact) mass is 606 g/mol. The molecule has 45 heavy (non-hydrogen) atoms. The van der Waals surface area contributed by atoms with Crippen molar-refractivity contribution in [3.05, 3.63) is 96.0 Å². The summed E-state index contributed by atoms with van der Waals surface area (Å²) in [5.41, 5.74) is 3.65. The van der Waals surface area contributed by atoms with Crippen molar-refractivity contribution in [3.8, 4) is 11.1 Å². The number of likely N-dealkylation sites (tertiary alicyclic amines) is 1. The summed E-state index contributed by atoms with van der Waals surface area (Å²) in [7, 11) is 0. The number of nitrogens with zero attached hydrogens (tertiary/aromatic N) is 3. The Hall–Kier alpha value is -5.09. The summed E-state index contributed by atoms with van der Waals surface area (Å²) in [5, 5.41) is 14.4. The second kappa shape index (κ2) is 12.1. The van der Waals surface area contributed by atoms with E-state index in [1.54, 1.807) is 47.5 Å². The maximum Gasteiger partial charge on any atom is 0.338 e. The van der Waals surface area contributed by atoms with Gasteiger partial charge in [0.15, 0.2) is 11.7 Å². The van der Waals surface area contributed by atoms with Crippen molar-refractivity contribution in [2.45, 2.75) is 51.4 Å². The zero-order chi connectivity index (χ0) is 31.7. The number of amides is 2. The molecule has 3 aromatic carbocycles. The minimum absolute atomic E-state index is 0.170. The van der Waals surface area contributed by atoms with Crippen molar-refractivity contribution in [2.75, 3.05) is 13.1 Å². The first-order valence-electron chi connectivity index (χ1n) is 14.9. The van der Waals surface area contributed by atoms with Crippen LogP contribution in [0.4, 0.5) is 0 Å². The number of hydrogen-bond donors (Lipinski definition) is 2. The number of esters is 1. The molecule has 0 saturated carbocycles. The molecule has 10 heteroatoms. The van der Waals surface area contributed by atoms with Gasteiger partial charge >= 0.3 is 5.97 Å². The highest BCUT2D eigenvalue weighted by Gasteiger charge is 2.37. The van der Waals surface area contributed by atoms with E-state index in [0.29, 0.717) is 46.1 Å². The maximum atomic E-state index is 13.3. The molecule has 1 aliphatic rings. The van der Waals surface area contributed by atoms with Crippen LogP contribution in [0.15, 0.2) is 83.4 Å². The number of fused-ring (bicyclic) bond motifs is 2. The van der Waals surface area contributed by atoms with Crippen LogP contribution < -0.4 is 5.32 Å². The van der Waals surface area contributed by atoms with Crippen molar-refractivity contribution < 1.29 is 28.6 Å². The van der Waals surface area contributed by atoms with Gasteiger partial charge in [-0.2, -0.15) is 0 Å². The van der Waals surface area contributed by atoms with Crippen LogP contribution in [0.2, 0.25) is 0 Å². The van der Waals surface area contributed by atoms with Crippen LogP contribution >= 0.6 is 0 Å². The lowest BCUT2D eigenvalue weighted by atomic mass is 9.99. The lowest BCUT2D eigenvalue weighted by molar-refractivity contribution is -0.133. The van der Waals surface area contributed by atoms with Gasteiger partial charge in [-0.25, -0.2) is 9.78 Å². The van der Waals surface area contributed by atoms with Crippen LogP contribution in [-0.2, 0) is 9.53 Å². The Kier molecular flexibility index (Phi) is 8.07. The van der Waals surface area contributed by atoms with Crippen LogP contribution in [0.25, 0.3) is 33.1 Å². The van der Waals surface area contributed by atoms with E-state index in [4.69, 9.17) is 9.15 Å². The predicted molar refractivity (Wildman–Crippen MR) is 168 cm³/mol. The third kappa shape index (κ3) is 6.41. The number of nitrogens with one attached hydrogen (secondary N) is 1. The Morgan fingerprint density at radius 2 is 1.82 bits per heavy atom. The number of carbonyl (C=O) groups is 3. The first-order chi connectivity index (χ1) is 21.6. The van der Waals surface area contributed by atoms with Gasteiger partial charge in [-0.1, -0.05) is 36.4 Å². The number of hydrogen-bond acceptors (Lipinski definition) is 8. The predicted octanol–water partition coefficient (Wildman–Crippen LogP) is 5.45. The van der Waals surface area contributed by atoms with Gasteiger partial charge in [0.05, 0.1) is 29.2 Å². The fourth-order valence-corrected chi connectivity index (χ4v) is 5.65. The highest BCUT2D eigenvalue weighted by Crippen LogP contribution is 2.31. The van der Waals surface area contributed by atoms with Gasteiger partial charge in [-0.15, -0.1) is 0 Å². The molecule has 1 aliphatic heterocycles. The molecule has 2 aromatic heterocycles. The zero-order valence-electron chi connectivity index (χ0n) is 25.3. The first-order valence-corrected chi connectivity index (χ1v) is 14.9. The number of carbonyl (C=O) groups excluding carboxylic acids is 3. The van der Waals surface area contributed by atoms with Crippen LogP contribution in [0.3, 0.4) is 0 Å². The van der Waals surface area contributed by atoms with E-state index in [1.165, 1.54) is 0 Å². The number of aliphatic hydroxyl groups excluding tert-OH is 1. The van der Waals surface area contributed by atoms with Gasteiger partial charge in [0.1, 0.15) is 11.1 Å². The molecule has 1 fully saturated rings. The number of rotatable bonds is 7. The number of aromatic nitrogens is 2. The summed E-state index contributed by atoms with van der Waals surface area (Å²) in [6, 6.07) is 21.0. The topological polar surface area (TPSA) is 135 Å². The molecule has 3 heterocycles. The molecule has 5 aromatic rings. The Morgan fingerprint density at radius 1 is 1.02 bits per heavy atom. The van der Waals surface area contributed by atoms with Crippen LogP contribution in [0.5, 0.6) is 0 Å². The van der Waals surface area contributed by atoms with Crippen molar-refractivity contribution in [1.82, 2.24) is 20.2 Å². The third-order valence-corrected chi connectivity index (χ3v) is 7.77. The van der Waals surface area contributed by atoms with Crippen LogP contribution in [0.1, 0.15) is 66.3 Å². The van der Waals surface area contributed by atoms with Gasteiger partial charge in [0.2, 0.25) is 11.8 Å². The number of aliphatic hydroxyl groups is 1. The lowest BCUT2D eigenvalue weighted by Gasteiger charge is -2.27. The van der Waals surface area contributed by atoms with E-state index < -0.39 is 29.6 Å². The standard InChI is InChI=1S/C35H34N4O6/c1-35(2,3)45-34(43)23-9-6-8-21(18-23)22-13-14-24-25(15-16-36-27(24)19-22)32(42)37-20-30(40)39-17-7-11-28(39)31(41)33-38-26-10-4-5-12-29(26)44-33/h4-6,8-10,12-16,18-19,28,31,41H,7,11,17,20H2,1-3H3,(H,37,42)/t28-,31?/m0/s1. The minimum atomic E-state index is -1.08. The average Bonchev–Trinajstić information content (AvgIpc) is 3.70. The molecular weight excluding hydrogens is 572 g/mol. The highest BCUT2D eigenvalue weighted by molar-refractivity contribution is 6.07. The van der Waals surface area contributed by atoms with E-state index in [-0.39, 0.29) is 18.3 Å². The van der Waals surface area contributed by atoms with Gasteiger partial charge in [0, 0.05) is 18.1 Å². The second-order valence-corrected chi connectivity index (χ2v) is 12.1. The van der Waals surface area contributed by atoms with E-state index in [2.05, 4.69) is 15.3 Å². The maximum absolute atomic E-state index is 13.3. The largest absolute Gasteiger partial charge is 0.456 e. The van der Waals surface area contributed by atoms with Crippen LogP contribution in [-0.4, -0.2) is 62.5 Å². The Bertz CT molecular complexity index is 1880. The van der Waals surface area contributed by atoms with E-state index in [1.807, 2.05) is 57.2 Å². The fraction of sp³-hybridized carbons (Fsp3) is 0.286. The average molecular weight is 607 g/mol. The molecule has 2 N–H and O–H groups in total. The van der Waals surface area contributed by atoms with Crippen molar-refractivity contribution >= 4 is 39.8 Å². The minimum Gasteiger partial charge on any atom is -0.456 e. The molecule has 1 saturated heterocycles. The van der Waals surface area contributed by atoms with Crippen molar-refractivity contribution in [1.29, 1.82) is 0 Å². The quantitative estimate of drug-likeness (QED) is 0.234. The molecule has 1 unspecified atom stereocenters. The summed E-state index contributed by atoms with van der Waals surface area (Å²) in [4.78, 5) is 49.5. The van der Waals surface area contributed by atoms with Crippen molar-refractivity contribution in [3.63, 3.8) is 0 Å². The summed E-state index contributed by atoms with van der Waals surface area (Å²) < 4.78 is 11.2. The smallest absolute Gasteiger partial charge is 0.338 e. The molecule has 0 spiro atoms. The first kappa shape index (κ1) is 30.0. The van der Waals surface area contributed by atoms with Gasteiger partial charge in [0.25, 0.3) is 5.91 Å². The Balaban J connectivity index is 1.14. The fourth-order valence-electron chi connectivity index (χ4n) is 5.65. The summed E-state index contributed by atoms with van der Waals surface area (Å²) in [6.07, 6.45) is 1.78. The molecule has 6 rings (SSSR count). The molecule has 2 amide bonds. The molecule has 0 bridgehead atoms. The molecule has 0 aliphatic carbocycles. The summed E-state index contributed by atoms with van der Waals surface area (Å²) in [5.74, 6) is -0.945.